The van der Waals surface area contributed by atoms with Gasteiger partial charge in [0.1, 0.15) is 42.7 Å². The van der Waals surface area contributed by atoms with Crippen molar-refractivity contribution in [2.24, 2.45) is 0 Å². The van der Waals surface area contributed by atoms with Crippen LogP contribution in [0.1, 0.15) is 6.92 Å². The van der Waals surface area contributed by atoms with Gasteiger partial charge in [0.05, 0.1) is 6.61 Å². The van der Waals surface area contributed by atoms with Gasteiger partial charge in [-0.15, -0.1) is 0 Å². The summed E-state index contributed by atoms with van der Waals surface area (Å²) in [5.74, 6) is -6.60. The number of hydrogen-bond donors (Lipinski definition) is 10. The van der Waals surface area contributed by atoms with E-state index >= 15 is 0 Å². The average molecular weight is 413 g/mol. The van der Waals surface area contributed by atoms with Crippen LogP contribution in [0.2, 0.25) is 0 Å². The Balaban J connectivity index is 2.69. The number of aliphatic hydroxyl groups is 8. The SMILES string of the molecule is CC(=O)N[C@@H]1[C@@H](O)[C@H](O)[C@@H](CO)O[C@@]1(O)C1(C(=O)O)OC(O)C(O)C(O)C1O. The van der Waals surface area contributed by atoms with Crippen LogP contribution in [-0.4, -0.2) is 125 Å². The van der Waals surface area contributed by atoms with Crippen LogP contribution >= 0.6 is 0 Å². The molecular weight excluding hydrogens is 390 g/mol. The van der Waals surface area contributed by atoms with E-state index in [1.165, 1.54) is 0 Å². The van der Waals surface area contributed by atoms with Crippen LogP contribution in [0.3, 0.4) is 0 Å². The van der Waals surface area contributed by atoms with E-state index in [2.05, 4.69) is 0 Å². The molecule has 0 radical (unpaired) electrons. The van der Waals surface area contributed by atoms with E-state index in [9.17, 15) is 55.5 Å². The number of amides is 1. The summed E-state index contributed by atoms with van der Waals surface area (Å²) in [5.41, 5.74) is -3.48. The van der Waals surface area contributed by atoms with Gasteiger partial charge in [-0.1, -0.05) is 0 Å². The van der Waals surface area contributed by atoms with Crippen LogP contribution < -0.4 is 5.32 Å². The fraction of sp³-hybridized carbons (Fsp3) is 0.857. The third kappa shape index (κ3) is 3.17. The summed E-state index contributed by atoms with van der Waals surface area (Å²) < 4.78 is 9.79. The predicted molar refractivity (Wildman–Crippen MR) is 82.0 cm³/mol. The topological polar surface area (TPSA) is 247 Å². The fourth-order valence-electron chi connectivity index (χ4n) is 3.44. The van der Waals surface area contributed by atoms with E-state index < -0.39 is 78.8 Å². The van der Waals surface area contributed by atoms with Crippen LogP contribution in [0.5, 0.6) is 0 Å². The maximum atomic E-state index is 12.1. The fourth-order valence-corrected chi connectivity index (χ4v) is 3.44. The second-order valence-electron chi connectivity index (χ2n) is 6.67. The Hall–Kier alpha value is -1.46. The van der Waals surface area contributed by atoms with E-state index in [0.717, 1.165) is 6.92 Å². The van der Waals surface area contributed by atoms with E-state index in [4.69, 9.17) is 9.47 Å². The molecule has 0 spiro atoms. The van der Waals surface area contributed by atoms with Crippen molar-refractivity contribution in [3.8, 4) is 0 Å². The van der Waals surface area contributed by atoms with Gasteiger partial charge in [-0.3, -0.25) is 4.79 Å². The second kappa shape index (κ2) is 7.75. The monoisotopic (exact) mass is 413 g/mol. The highest BCUT2D eigenvalue weighted by atomic mass is 16.7. The highest BCUT2D eigenvalue weighted by molar-refractivity contribution is 5.81. The number of carboxylic acid groups (broad SMARTS) is 1. The minimum atomic E-state index is -3.48. The summed E-state index contributed by atoms with van der Waals surface area (Å²) >= 11 is 0. The smallest absolute Gasteiger partial charge is 0.344 e. The molecule has 14 heteroatoms. The standard InChI is InChI=1S/C14H23NO13/c1-3(17)15-9-6(19)5(18)4(2-16)27-14(9,26)13(12(24)25)10(22)7(20)8(21)11(23)28-13/h4-11,16,18-23,26H,2H2,1H3,(H,15,17)(H,24,25)/t4-,5-,6+,7?,8?,9-,10?,11?,13?,14-/m1/s1. The third-order valence-electron chi connectivity index (χ3n) is 4.90. The minimum Gasteiger partial charge on any atom is -0.479 e. The number of hydrogen-bond acceptors (Lipinski definition) is 12. The van der Waals surface area contributed by atoms with E-state index in [0.29, 0.717) is 0 Å². The molecule has 162 valence electrons. The van der Waals surface area contributed by atoms with Crippen LogP contribution in [0.4, 0.5) is 0 Å². The molecule has 2 heterocycles. The van der Waals surface area contributed by atoms with Gasteiger partial charge in [-0.05, 0) is 0 Å². The lowest BCUT2D eigenvalue weighted by atomic mass is 9.73. The molecule has 5 unspecified atom stereocenters. The molecule has 1 amide bonds. The lowest BCUT2D eigenvalue weighted by Crippen LogP contribution is -2.85. The molecule has 0 bridgehead atoms. The van der Waals surface area contributed by atoms with Gasteiger partial charge in [0.2, 0.25) is 11.7 Å². The molecule has 28 heavy (non-hydrogen) atoms. The lowest BCUT2D eigenvalue weighted by Gasteiger charge is -2.57. The van der Waals surface area contributed by atoms with Crippen molar-refractivity contribution in [3.63, 3.8) is 0 Å². The van der Waals surface area contributed by atoms with Gasteiger partial charge >= 0.3 is 5.97 Å². The first kappa shape index (κ1) is 22.8. The number of rotatable bonds is 4. The maximum absolute atomic E-state index is 12.1. The molecule has 0 aromatic carbocycles. The van der Waals surface area contributed by atoms with E-state index in [1.807, 2.05) is 5.32 Å². The van der Waals surface area contributed by atoms with Gasteiger partial charge in [0, 0.05) is 6.92 Å². The van der Waals surface area contributed by atoms with Crippen molar-refractivity contribution in [1.29, 1.82) is 0 Å². The molecule has 0 aromatic rings. The molecule has 0 aromatic heterocycles. The van der Waals surface area contributed by atoms with Crippen molar-refractivity contribution >= 4 is 11.9 Å². The van der Waals surface area contributed by atoms with Crippen LogP contribution in [0.25, 0.3) is 0 Å². The minimum absolute atomic E-state index is 0.913. The Morgan fingerprint density at radius 2 is 1.54 bits per heavy atom. The zero-order chi connectivity index (χ0) is 21.6. The normalized spacial score (nSPS) is 49.5. The van der Waals surface area contributed by atoms with Crippen molar-refractivity contribution in [2.75, 3.05) is 6.61 Å². The summed E-state index contributed by atoms with van der Waals surface area (Å²) in [4.78, 5) is 23.6. The second-order valence-corrected chi connectivity index (χ2v) is 6.67. The Kier molecular flexibility index (Phi) is 6.32. The molecule has 0 saturated carbocycles. The number of carboxylic acids is 1. The lowest BCUT2D eigenvalue weighted by molar-refractivity contribution is -0.427. The molecule has 2 saturated heterocycles. The molecule has 14 nitrogen and oxygen atoms in total. The van der Waals surface area contributed by atoms with Crippen molar-refractivity contribution in [1.82, 2.24) is 5.32 Å². The van der Waals surface area contributed by atoms with Crippen molar-refractivity contribution in [2.45, 2.75) is 67.3 Å². The number of aliphatic carboxylic acids is 1. The first-order valence-corrected chi connectivity index (χ1v) is 8.12. The largest absolute Gasteiger partial charge is 0.479 e. The predicted octanol–water partition coefficient (Wildman–Crippen LogP) is -6.45. The number of carbonyl (C=O) groups is 2. The maximum Gasteiger partial charge on any atom is 0.344 e. The Labute approximate surface area is 157 Å². The molecule has 10 atom stereocenters. The Morgan fingerprint density at radius 1 is 0.964 bits per heavy atom. The first-order chi connectivity index (χ1) is 12.8. The highest BCUT2D eigenvalue weighted by Gasteiger charge is 2.75. The number of ether oxygens (including phenoxy) is 2. The third-order valence-corrected chi connectivity index (χ3v) is 4.90. The molecule has 2 aliphatic heterocycles. The van der Waals surface area contributed by atoms with Crippen LogP contribution in [0, 0.1) is 0 Å². The Bertz CT molecular complexity index is 618. The molecule has 2 rings (SSSR count). The van der Waals surface area contributed by atoms with E-state index in [-0.39, 0.29) is 0 Å². The molecule has 2 fully saturated rings. The summed E-state index contributed by atoms with van der Waals surface area (Å²) in [6.07, 6.45) is -15.6. The van der Waals surface area contributed by atoms with Crippen LogP contribution in [0.15, 0.2) is 0 Å². The van der Waals surface area contributed by atoms with Gasteiger partial charge < -0.3 is 60.7 Å². The molecule has 0 aliphatic carbocycles. The Morgan fingerprint density at radius 3 is 2.00 bits per heavy atom. The van der Waals surface area contributed by atoms with Crippen molar-refractivity contribution < 1.29 is 65.0 Å². The van der Waals surface area contributed by atoms with Gasteiger partial charge in [0.25, 0.3) is 5.60 Å². The number of nitrogens with one attached hydrogen (secondary N) is 1. The van der Waals surface area contributed by atoms with Gasteiger partial charge in [-0.2, -0.15) is 0 Å². The molecule has 10 N–H and O–H groups in total. The summed E-state index contributed by atoms with van der Waals surface area (Å²) in [5, 5.41) is 92.1. The quantitative estimate of drug-likeness (QED) is 0.206. The van der Waals surface area contributed by atoms with E-state index in [1.54, 1.807) is 0 Å². The number of aliphatic hydroxyl groups excluding tert-OH is 7. The zero-order valence-corrected chi connectivity index (χ0v) is 14.5. The number of carbonyl (C=O) groups excluding carboxylic acids is 1. The zero-order valence-electron chi connectivity index (χ0n) is 14.5. The summed E-state index contributed by atoms with van der Waals surface area (Å²) in [6.45, 7) is -0.135. The highest BCUT2D eigenvalue weighted by Crippen LogP contribution is 2.44. The first-order valence-electron chi connectivity index (χ1n) is 8.12. The summed E-state index contributed by atoms with van der Waals surface area (Å²) in [7, 11) is 0. The average Bonchev–Trinajstić information content (AvgIpc) is 2.62. The molecule has 2 aliphatic rings. The van der Waals surface area contributed by atoms with Crippen molar-refractivity contribution in [3.05, 3.63) is 0 Å². The van der Waals surface area contributed by atoms with Crippen LogP contribution in [-0.2, 0) is 19.1 Å². The summed E-state index contributed by atoms with van der Waals surface area (Å²) in [6, 6.07) is -2.18. The van der Waals surface area contributed by atoms with Gasteiger partial charge in [0.15, 0.2) is 6.29 Å². The van der Waals surface area contributed by atoms with Gasteiger partial charge in [-0.25, -0.2) is 4.79 Å². The molecular formula is C14H23NO13.